The Morgan fingerprint density at radius 3 is 2.33 bits per heavy atom. The van der Waals surface area contributed by atoms with Gasteiger partial charge in [0.1, 0.15) is 0 Å². The minimum atomic E-state index is -0.189. The van der Waals surface area contributed by atoms with Crippen LogP contribution in [0.25, 0.3) is 0 Å². The first-order valence-corrected chi connectivity index (χ1v) is 5.72. The summed E-state index contributed by atoms with van der Waals surface area (Å²) in [6.45, 7) is 0.489. The summed E-state index contributed by atoms with van der Waals surface area (Å²) < 4.78 is 0. The third-order valence-electron chi connectivity index (χ3n) is 3.45. The molecule has 2 atom stereocenters. The summed E-state index contributed by atoms with van der Waals surface area (Å²) in [7, 11) is 3.83. The van der Waals surface area contributed by atoms with Crippen molar-refractivity contribution in [2.24, 2.45) is 0 Å². The predicted octanol–water partition coefficient (Wildman–Crippen LogP) is 0.0623. The number of nitrogens with zero attached hydrogens (tertiary/aromatic N) is 2. The molecule has 2 aliphatic heterocycles. The molecule has 0 saturated carbocycles. The summed E-state index contributed by atoms with van der Waals surface area (Å²) in [6, 6.07) is 0.595. The van der Waals surface area contributed by atoms with Crippen LogP contribution in [-0.2, 0) is 4.79 Å². The van der Waals surface area contributed by atoms with Gasteiger partial charge < -0.3 is 14.9 Å². The van der Waals surface area contributed by atoms with Gasteiger partial charge in [0.05, 0.1) is 12.6 Å². The quantitative estimate of drug-likeness (QED) is 0.704. The highest BCUT2D eigenvalue weighted by molar-refractivity contribution is 5.79. The van der Waals surface area contributed by atoms with Gasteiger partial charge in [0.15, 0.2) is 0 Å². The average Bonchev–Trinajstić information content (AvgIpc) is 2.38. The van der Waals surface area contributed by atoms with Gasteiger partial charge in [0.2, 0.25) is 5.91 Å². The fraction of sp³-hybridized carbons (Fsp3) is 0.909. The topological polar surface area (TPSA) is 43.8 Å². The van der Waals surface area contributed by atoms with Crippen LogP contribution in [0, 0.1) is 0 Å². The van der Waals surface area contributed by atoms with Gasteiger partial charge in [-0.2, -0.15) is 0 Å². The van der Waals surface area contributed by atoms with Gasteiger partial charge in [0.25, 0.3) is 0 Å². The van der Waals surface area contributed by atoms with E-state index in [0.29, 0.717) is 18.6 Å². The Bertz CT molecular complexity index is 241. The maximum absolute atomic E-state index is 12.0. The SMILES string of the molecule is CN(C)CC(=O)N1C2CCC1CC(O)C2. The summed E-state index contributed by atoms with van der Waals surface area (Å²) in [5, 5.41) is 9.62. The van der Waals surface area contributed by atoms with E-state index in [1.165, 1.54) is 0 Å². The summed E-state index contributed by atoms with van der Waals surface area (Å²) >= 11 is 0. The van der Waals surface area contributed by atoms with E-state index in [1.54, 1.807) is 0 Å². The van der Waals surface area contributed by atoms with E-state index in [2.05, 4.69) is 0 Å². The monoisotopic (exact) mass is 212 g/mol. The van der Waals surface area contributed by atoms with Crippen molar-refractivity contribution in [2.75, 3.05) is 20.6 Å². The van der Waals surface area contributed by atoms with E-state index in [0.717, 1.165) is 25.7 Å². The minimum absolute atomic E-state index is 0.189. The molecule has 2 bridgehead atoms. The predicted molar refractivity (Wildman–Crippen MR) is 57.5 cm³/mol. The second-order valence-electron chi connectivity index (χ2n) is 5.05. The second-order valence-corrected chi connectivity index (χ2v) is 5.05. The molecule has 1 amide bonds. The first kappa shape index (κ1) is 10.9. The fourth-order valence-corrected chi connectivity index (χ4v) is 2.91. The van der Waals surface area contributed by atoms with E-state index >= 15 is 0 Å². The van der Waals surface area contributed by atoms with Crippen LogP contribution in [0.1, 0.15) is 25.7 Å². The second kappa shape index (κ2) is 4.10. The lowest BCUT2D eigenvalue weighted by molar-refractivity contribution is -0.138. The van der Waals surface area contributed by atoms with Crippen molar-refractivity contribution in [3.05, 3.63) is 0 Å². The molecule has 0 aliphatic carbocycles. The lowest BCUT2D eigenvalue weighted by Crippen LogP contribution is -2.50. The maximum Gasteiger partial charge on any atom is 0.237 e. The number of likely N-dealkylation sites (N-methyl/N-ethyl adjacent to an activating group) is 1. The minimum Gasteiger partial charge on any atom is -0.393 e. The highest BCUT2D eigenvalue weighted by Crippen LogP contribution is 2.35. The van der Waals surface area contributed by atoms with E-state index in [1.807, 2.05) is 23.9 Å². The number of piperidine rings is 1. The summed E-state index contributed by atoms with van der Waals surface area (Å²) in [5.41, 5.74) is 0. The molecule has 0 radical (unpaired) electrons. The first-order chi connectivity index (χ1) is 7.08. The third kappa shape index (κ3) is 2.16. The zero-order valence-electron chi connectivity index (χ0n) is 9.52. The zero-order valence-corrected chi connectivity index (χ0v) is 9.52. The number of rotatable bonds is 2. The molecule has 2 aliphatic rings. The number of hydrogen-bond acceptors (Lipinski definition) is 3. The molecule has 1 N–H and O–H groups in total. The number of amides is 1. The van der Waals surface area contributed by atoms with E-state index < -0.39 is 0 Å². The smallest absolute Gasteiger partial charge is 0.237 e. The van der Waals surface area contributed by atoms with Crippen LogP contribution < -0.4 is 0 Å². The molecule has 4 heteroatoms. The van der Waals surface area contributed by atoms with Crippen LogP contribution in [0.5, 0.6) is 0 Å². The van der Waals surface area contributed by atoms with Crippen LogP contribution in [0.15, 0.2) is 0 Å². The molecule has 2 heterocycles. The normalized spacial score (nSPS) is 34.9. The number of aliphatic hydroxyl groups excluding tert-OH is 1. The molecule has 2 unspecified atom stereocenters. The largest absolute Gasteiger partial charge is 0.393 e. The van der Waals surface area contributed by atoms with Crippen LogP contribution in [0.4, 0.5) is 0 Å². The van der Waals surface area contributed by atoms with Gasteiger partial charge in [0, 0.05) is 12.1 Å². The highest BCUT2D eigenvalue weighted by Gasteiger charge is 2.42. The lowest BCUT2D eigenvalue weighted by Gasteiger charge is -2.37. The molecule has 2 saturated heterocycles. The van der Waals surface area contributed by atoms with Crippen molar-refractivity contribution in [1.82, 2.24) is 9.80 Å². The van der Waals surface area contributed by atoms with Crippen molar-refractivity contribution in [3.63, 3.8) is 0 Å². The Labute approximate surface area is 90.9 Å². The van der Waals surface area contributed by atoms with Gasteiger partial charge in [-0.15, -0.1) is 0 Å². The number of hydrogen-bond donors (Lipinski definition) is 1. The first-order valence-electron chi connectivity index (χ1n) is 5.72. The third-order valence-corrected chi connectivity index (χ3v) is 3.45. The van der Waals surface area contributed by atoms with Gasteiger partial charge in [-0.05, 0) is 39.8 Å². The number of carbonyl (C=O) groups is 1. The van der Waals surface area contributed by atoms with E-state index in [4.69, 9.17) is 0 Å². The van der Waals surface area contributed by atoms with Gasteiger partial charge >= 0.3 is 0 Å². The Balaban J connectivity index is 2.01. The Kier molecular flexibility index (Phi) is 2.98. The van der Waals surface area contributed by atoms with Crippen LogP contribution in [0.2, 0.25) is 0 Å². The molecule has 2 fully saturated rings. The molecule has 0 aromatic carbocycles. The molecule has 86 valence electrons. The molecule has 0 aromatic rings. The van der Waals surface area contributed by atoms with Crippen LogP contribution in [0.3, 0.4) is 0 Å². The molecule has 15 heavy (non-hydrogen) atoms. The summed E-state index contributed by atoms with van der Waals surface area (Å²) in [4.78, 5) is 15.9. The van der Waals surface area contributed by atoms with Gasteiger partial charge in [-0.3, -0.25) is 4.79 Å². The average molecular weight is 212 g/mol. The standard InChI is InChI=1S/C11H20N2O2/c1-12(2)7-11(15)13-8-3-4-9(13)6-10(14)5-8/h8-10,14H,3-7H2,1-2H3. The van der Waals surface area contributed by atoms with Crippen LogP contribution in [-0.4, -0.2) is 59.6 Å². The summed E-state index contributed by atoms with van der Waals surface area (Å²) in [6.07, 6.45) is 3.50. The fourth-order valence-electron chi connectivity index (χ4n) is 2.91. The highest BCUT2D eigenvalue weighted by atomic mass is 16.3. The van der Waals surface area contributed by atoms with Crippen molar-refractivity contribution in [2.45, 2.75) is 43.9 Å². The van der Waals surface area contributed by atoms with Crippen molar-refractivity contribution < 1.29 is 9.90 Å². The van der Waals surface area contributed by atoms with Gasteiger partial charge in [-0.25, -0.2) is 0 Å². The Hall–Kier alpha value is -0.610. The maximum atomic E-state index is 12.0. The zero-order chi connectivity index (χ0) is 11.0. The number of aliphatic hydroxyl groups is 1. The van der Waals surface area contributed by atoms with Crippen molar-refractivity contribution >= 4 is 5.91 Å². The molecular weight excluding hydrogens is 192 g/mol. The van der Waals surface area contributed by atoms with E-state index in [-0.39, 0.29) is 12.0 Å². The molecule has 2 rings (SSSR count). The van der Waals surface area contributed by atoms with Gasteiger partial charge in [-0.1, -0.05) is 0 Å². The molecule has 0 aromatic heterocycles. The van der Waals surface area contributed by atoms with Crippen LogP contribution >= 0.6 is 0 Å². The molecular formula is C11H20N2O2. The van der Waals surface area contributed by atoms with Crippen molar-refractivity contribution in [3.8, 4) is 0 Å². The Morgan fingerprint density at radius 1 is 1.33 bits per heavy atom. The number of fused-ring (bicyclic) bond motifs is 2. The Morgan fingerprint density at radius 2 is 1.87 bits per heavy atom. The molecule has 0 spiro atoms. The molecule has 4 nitrogen and oxygen atoms in total. The van der Waals surface area contributed by atoms with E-state index in [9.17, 15) is 9.90 Å². The lowest BCUT2D eigenvalue weighted by atomic mass is 10.00. The summed E-state index contributed by atoms with van der Waals surface area (Å²) in [5.74, 6) is 0.222. The van der Waals surface area contributed by atoms with Crippen molar-refractivity contribution in [1.29, 1.82) is 0 Å². The number of carbonyl (C=O) groups excluding carboxylic acids is 1.